The number of carbonyl (C=O) groups excluding carboxylic acids is 2. The van der Waals surface area contributed by atoms with E-state index < -0.39 is 12.0 Å². The van der Waals surface area contributed by atoms with Gasteiger partial charge in [-0.05, 0) is 35.1 Å². The molecule has 2 aromatic rings. The van der Waals surface area contributed by atoms with Crippen LogP contribution in [0.1, 0.15) is 35.0 Å². The van der Waals surface area contributed by atoms with Gasteiger partial charge in [-0.3, -0.25) is 20.4 Å². The van der Waals surface area contributed by atoms with Crippen molar-refractivity contribution in [1.29, 1.82) is 0 Å². The molecule has 2 N–H and O–H groups in total. The van der Waals surface area contributed by atoms with Gasteiger partial charge in [0.05, 0.1) is 4.88 Å². The number of thiophene rings is 1. The van der Waals surface area contributed by atoms with Crippen LogP contribution in [0.15, 0.2) is 35.7 Å². The normalized spacial score (nSPS) is 15.9. The SMILES string of the molecule is CC(C)c1ccsc1C(=O)NNC(=O)C1COc2ccccc2O1. The maximum Gasteiger partial charge on any atom is 0.283 e. The van der Waals surface area contributed by atoms with Crippen molar-refractivity contribution in [2.45, 2.75) is 25.9 Å². The number of hydrogen-bond donors (Lipinski definition) is 2. The summed E-state index contributed by atoms with van der Waals surface area (Å²) in [6, 6.07) is 9.05. The Morgan fingerprint density at radius 3 is 2.67 bits per heavy atom. The van der Waals surface area contributed by atoms with Crippen molar-refractivity contribution in [3.8, 4) is 11.5 Å². The van der Waals surface area contributed by atoms with Gasteiger partial charge in [0.2, 0.25) is 6.10 Å². The molecule has 6 nitrogen and oxygen atoms in total. The Balaban J connectivity index is 1.58. The van der Waals surface area contributed by atoms with Gasteiger partial charge in [-0.15, -0.1) is 11.3 Å². The lowest BCUT2D eigenvalue weighted by atomic mass is 10.0. The topological polar surface area (TPSA) is 76.7 Å². The highest BCUT2D eigenvalue weighted by Crippen LogP contribution is 2.30. The second kappa shape index (κ2) is 6.92. The van der Waals surface area contributed by atoms with E-state index >= 15 is 0 Å². The molecule has 7 heteroatoms. The molecule has 2 amide bonds. The molecule has 126 valence electrons. The van der Waals surface area contributed by atoms with E-state index in [0.717, 1.165) is 5.56 Å². The van der Waals surface area contributed by atoms with Gasteiger partial charge in [0.1, 0.15) is 6.61 Å². The highest BCUT2D eigenvalue weighted by molar-refractivity contribution is 7.12. The van der Waals surface area contributed by atoms with Crippen molar-refractivity contribution in [2.24, 2.45) is 0 Å². The van der Waals surface area contributed by atoms with Gasteiger partial charge in [-0.25, -0.2) is 0 Å². The van der Waals surface area contributed by atoms with E-state index in [1.807, 2.05) is 31.4 Å². The molecular weight excluding hydrogens is 328 g/mol. The largest absolute Gasteiger partial charge is 0.485 e. The first kappa shape index (κ1) is 16.3. The second-order valence-corrected chi connectivity index (χ2v) is 6.58. The average Bonchev–Trinajstić information content (AvgIpc) is 3.09. The van der Waals surface area contributed by atoms with E-state index in [1.165, 1.54) is 11.3 Å². The summed E-state index contributed by atoms with van der Waals surface area (Å²) in [4.78, 5) is 25.0. The van der Waals surface area contributed by atoms with Gasteiger partial charge in [0.15, 0.2) is 11.5 Å². The van der Waals surface area contributed by atoms with Crippen LogP contribution < -0.4 is 20.3 Å². The van der Waals surface area contributed by atoms with E-state index in [-0.39, 0.29) is 18.4 Å². The molecule has 0 saturated carbocycles. The number of nitrogens with one attached hydrogen (secondary N) is 2. The number of amides is 2. The fraction of sp³-hybridized carbons (Fsp3) is 0.294. The first-order valence-corrected chi connectivity index (χ1v) is 8.50. The zero-order chi connectivity index (χ0) is 17.1. The molecule has 0 fully saturated rings. The first-order chi connectivity index (χ1) is 11.6. The first-order valence-electron chi connectivity index (χ1n) is 7.62. The maximum atomic E-state index is 12.2. The van der Waals surface area contributed by atoms with E-state index in [9.17, 15) is 9.59 Å². The molecule has 1 atom stereocenters. The third-order valence-corrected chi connectivity index (χ3v) is 4.55. The lowest BCUT2D eigenvalue weighted by Gasteiger charge is -2.25. The Bertz CT molecular complexity index is 757. The van der Waals surface area contributed by atoms with Crippen LogP contribution in [0, 0.1) is 0 Å². The summed E-state index contributed by atoms with van der Waals surface area (Å²) in [6.07, 6.45) is -0.812. The van der Waals surface area contributed by atoms with Crippen LogP contribution in [0.25, 0.3) is 0 Å². The standard InChI is InChI=1S/C17H18N2O4S/c1-10(2)11-7-8-24-15(11)17(21)19-18-16(20)14-9-22-12-5-3-4-6-13(12)23-14/h3-8,10,14H,9H2,1-2H3,(H,18,20)(H,19,21). The van der Waals surface area contributed by atoms with Crippen LogP contribution in [0.4, 0.5) is 0 Å². The Kier molecular flexibility index (Phi) is 4.71. The summed E-state index contributed by atoms with van der Waals surface area (Å²) in [5.41, 5.74) is 5.79. The number of ether oxygens (including phenoxy) is 2. The number of hydrogen-bond acceptors (Lipinski definition) is 5. The van der Waals surface area contributed by atoms with Gasteiger partial charge in [0, 0.05) is 0 Å². The average molecular weight is 346 g/mol. The summed E-state index contributed by atoms with van der Waals surface area (Å²) in [5.74, 6) is 0.556. The summed E-state index contributed by atoms with van der Waals surface area (Å²) in [6.45, 7) is 4.12. The molecule has 0 radical (unpaired) electrons. The lowest BCUT2D eigenvalue weighted by molar-refractivity contribution is -0.131. The smallest absolute Gasteiger partial charge is 0.283 e. The van der Waals surface area contributed by atoms with Gasteiger partial charge in [0.25, 0.3) is 11.8 Å². The highest BCUT2D eigenvalue weighted by atomic mass is 32.1. The fourth-order valence-electron chi connectivity index (χ4n) is 2.36. The van der Waals surface area contributed by atoms with Gasteiger partial charge < -0.3 is 9.47 Å². The Morgan fingerprint density at radius 2 is 1.92 bits per heavy atom. The minimum absolute atomic E-state index is 0.0922. The minimum Gasteiger partial charge on any atom is -0.485 e. The van der Waals surface area contributed by atoms with Crippen molar-refractivity contribution < 1.29 is 19.1 Å². The third kappa shape index (κ3) is 3.35. The van der Waals surface area contributed by atoms with E-state index in [0.29, 0.717) is 16.4 Å². The van der Waals surface area contributed by atoms with E-state index in [4.69, 9.17) is 9.47 Å². The van der Waals surface area contributed by atoms with E-state index in [1.54, 1.807) is 18.2 Å². The van der Waals surface area contributed by atoms with Crippen LogP contribution >= 0.6 is 11.3 Å². The van der Waals surface area contributed by atoms with Crippen LogP contribution in [0.2, 0.25) is 0 Å². The van der Waals surface area contributed by atoms with Crippen molar-refractivity contribution >= 4 is 23.2 Å². The quantitative estimate of drug-likeness (QED) is 0.837. The van der Waals surface area contributed by atoms with Gasteiger partial charge in [-0.1, -0.05) is 26.0 Å². The van der Waals surface area contributed by atoms with E-state index in [2.05, 4.69) is 10.9 Å². The summed E-state index contributed by atoms with van der Waals surface area (Å²) < 4.78 is 11.1. The molecular formula is C17H18N2O4S. The maximum absolute atomic E-state index is 12.2. The number of para-hydroxylation sites is 2. The minimum atomic E-state index is -0.812. The number of fused-ring (bicyclic) bond motifs is 1. The molecule has 2 heterocycles. The van der Waals surface area contributed by atoms with Gasteiger partial charge >= 0.3 is 0 Å². The number of benzene rings is 1. The van der Waals surface area contributed by atoms with Crippen LogP contribution in [0.5, 0.6) is 11.5 Å². The fourth-order valence-corrected chi connectivity index (χ4v) is 3.31. The Labute approximate surface area is 143 Å². The second-order valence-electron chi connectivity index (χ2n) is 5.67. The highest BCUT2D eigenvalue weighted by Gasteiger charge is 2.27. The predicted molar refractivity (Wildman–Crippen MR) is 90.4 cm³/mol. The number of carbonyl (C=O) groups is 2. The zero-order valence-electron chi connectivity index (χ0n) is 13.4. The molecule has 1 unspecified atom stereocenters. The Hall–Kier alpha value is -2.54. The molecule has 3 rings (SSSR count). The molecule has 0 spiro atoms. The molecule has 1 aromatic carbocycles. The molecule has 1 aliphatic heterocycles. The number of rotatable bonds is 3. The molecule has 0 bridgehead atoms. The molecule has 24 heavy (non-hydrogen) atoms. The van der Waals surface area contributed by atoms with Crippen molar-refractivity contribution in [3.05, 3.63) is 46.2 Å². The van der Waals surface area contributed by atoms with Crippen LogP contribution in [-0.4, -0.2) is 24.5 Å². The van der Waals surface area contributed by atoms with Gasteiger partial charge in [-0.2, -0.15) is 0 Å². The van der Waals surface area contributed by atoms with Crippen LogP contribution in [0.3, 0.4) is 0 Å². The van der Waals surface area contributed by atoms with Crippen molar-refractivity contribution in [3.63, 3.8) is 0 Å². The predicted octanol–water partition coefficient (Wildman–Crippen LogP) is 2.47. The van der Waals surface area contributed by atoms with Crippen molar-refractivity contribution in [1.82, 2.24) is 10.9 Å². The molecule has 1 aromatic heterocycles. The molecule has 0 aliphatic carbocycles. The number of hydrazine groups is 1. The zero-order valence-corrected chi connectivity index (χ0v) is 14.2. The van der Waals surface area contributed by atoms with Crippen molar-refractivity contribution in [2.75, 3.05) is 6.61 Å². The molecule has 0 saturated heterocycles. The lowest BCUT2D eigenvalue weighted by Crippen LogP contribution is -2.50. The summed E-state index contributed by atoms with van der Waals surface area (Å²) in [7, 11) is 0. The van der Waals surface area contributed by atoms with Crippen LogP contribution in [-0.2, 0) is 4.79 Å². The summed E-state index contributed by atoms with van der Waals surface area (Å²) >= 11 is 1.34. The summed E-state index contributed by atoms with van der Waals surface area (Å²) in [5, 5.41) is 1.86. The third-order valence-electron chi connectivity index (χ3n) is 3.62. The Morgan fingerprint density at radius 1 is 1.17 bits per heavy atom. The monoisotopic (exact) mass is 346 g/mol. The molecule has 1 aliphatic rings.